The number of rotatable bonds is 7. The normalized spacial score (nSPS) is 29.9. The molecule has 0 radical (unpaired) electrons. The van der Waals surface area contributed by atoms with Crippen LogP contribution in [0.1, 0.15) is 49.7 Å². The van der Waals surface area contributed by atoms with Crippen molar-refractivity contribution in [2.45, 2.75) is 81.9 Å². The Morgan fingerprint density at radius 3 is 2.00 bits per heavy atom. The van der Waals surface area contributed by atoms with E-state index in [1.807, 2.05) is 36.4 Å². The van der Waals surface area contributed by atoms with Gasteiger partial charge in [0.15, 0.2) is 5.79 Å². The van der Waals surface area contributed by atoms with E-state index in [4.69, 9.17) is 23.7 Å². The predicted molar refractivity (Wildman–Crippen MR) is 121 cm³/mol. The molecule has 1 spiro atoms. The van der Waals surface area contributed by atoms with E-state index in [1.165, 1.54) is 24.8 Å². The van der Waals surface area contributed by atoms with E-state index in [-0.39, 0.29) is 30.2 Å². The zero-order valence-electron chi connectivity index (χ0n) is 18.7. The lowest BCUT2D eigenvalue weighted by Gasteiger charge is -2.38. The Bertz CT molecular complexity index is 820. The third-order valence-electron chi connectivity index (χ3n) is 6.87. The largest absolute Gasteiger partial charge is 0.373 e. The van der Waals surface area contributed by atoms with Crippen LogP contribution in [0, 0.1) is 0 Å². The van der Waals surface area contributed by atoms with Crippen LogP contribution in [0.25, 0.3) is 0 Å². The van der Waals surface area contributed by atoms with Gasteiger partial charge in [0.1, 0.15) is 12.2 Å². The summed E-state index contributed by atoms with van der Waals surface area (Å²) in [5.74, 6) is -0.382. The molecule has 2 saturated heterocycles. The molecule has 2 aromatic carbocycles. The van der Waals surface area contributed by atoms with E-state index in [0.717, 1.165) is 24.8 Å². The Kier molecular flexibility index (Phi) is 7.20. The van der Waals surface area contributed by atoms with Gasteiger partial charge in [-0.3, -0.25) is 0 Å². The highest BCUT2D eigenvalue weighted by atomic mass is 16.8. The first-order valence-electron chi connectivity index (χ1n) is 12.0. The van der Waals surface area contributed by atoms with Gasteiger partial charge >= 0.3 is 0 Å². The molecular weight excluding hydrogens is 404 g/mol. The average molecular weight is 439 g/mol. The van der Waals surface area contributed by atoms with E-state index in [1.54, 1.807) is 0 Å². The van der Waals surface area contributed by atoms with Crippen molar-refractivity contribution in [2.75, 3.05) is 13.2 Å². The van der Waals surface area contributed by atoms with E-state index in [9.17, 15) is 0 Å². The summed E-state index contributed by atoms with van der Waals surface area (Å²) in [6.45, 7) is 2.22. The minimum absolute atomic E-state index is 0.0337. The van der Waals surface area contributed by atoms with Gasteiger partial charge in [-0.2, -0.15) is 0 Å². The van der Waals surface area contributed by atoms with Crippen LogP contribution in [0.15, 0.2) is 60.7 Å². The Balaban J connectivity index is 1.22. The second-order valence-corrected chi connectivity index (χ2v) is 9.22. The van der Waals surface area contributed by atoms with Crippen molar-refractivity contribution in [2.24, 2.45) is 0 Å². The molecule has 3 fully saturated rings. The standard InChI is InChI=1S/C27H34O5/c1-4-10-21(11-5-1)17-28-23-16-24(26-20-31-27(32-26)14-8-3-9-15-27)30-19-25(23)29-18-22-12-6-2-7-13-22/h1-2,4-7,10-13,23-26H,3,8-9,14-20H2/t23-,24-,25+,26+/m0/s1. The summed E-state index contributed by atoms with van der Waals surface area (Å²) in [4.78, 5) is 0. The van der Waals surface area contributed by atoms with Gasteiger partial charge in [0.2, 0.25) is 0 Å². The van der Waals surface area contributed by atoms with Crippen LogP contribution in [0.2, 0.25) is 0 Å². The third-order valence-corrected chi connectivity index (χ3v) is 6.87. The smallest absolute Gasteiger partial charge is 0.169 e. The summed E-state index contributed by atoms with van der Waals surface area (Å²) in [6.07, 6.45) is 6.13. The molecule has 0 amide bonds. The number of ether oxygens (including phenoxy) is 5. The van der Waals surface area contributed by atoms with Crippen LogP contribution in [0.5, 0.6) is 0 Å². The van der Waals surface area contributed by atoms with E-state index < -0.39 is 0 Å². The summed E-state index contributed by atoms with van der Waals surface area (Å²) < 4.78 is 31.6. The molecule has 3 aliphatic rings. The van der Waals surface area contributed by atoms with Crippen LogP contribution in [0.3, 0.4) is 0 Å². The molecule has 172 valence electrons. The first kappa shape index (κ1) is 22.1. The molecule has 5 heteroatoms. The minimum atomic E-state index is -0.382. The topological polar surface area (TPSA) is 46.2 Å². The fraction of sp³-hybridized carbons (Fsp3) is 0.556. The predicted octanol–water partition coefficient (Wildman–Crippen LogP) is 5.02. The second kappa shape index (κ2) is 10.4. The molecule has 1 saturated carbocycles. The van der Waals surface area contributed by atoms with E-state index in [0.29, 0.717) is 26.4 Å². The molecule has 5 rings (SSSR count). The number of hydrogen-bond donors (Lipinski definition) is 0. The van der Waals surface area contributed by atoms with E-state index in [2.05, 4.69) is 24.3 Å². The van der Waals surface area contributed by atoms with Gasteiger partial charge in [-0.1, -0.05) is 67.1 Å². The zero-order valence-corrected chi connectivity index (χ0v) is 18.7. The first-order valence-corrected chi connectivity index (χ1v) is 12.0. The molecule has 2 aliphatic heterocycles. The molecular formula is C27H34O5. The molecule has 2 heterocycles. The Labute approximate surface area is 191 Å². The van der Waals surface area contributed by atoms with Crippen molar-refractivity contribution >= 4 is 0 Å². The van der Waals surface area contributed by atoms with Gasteiger partial charge in [0, 0.05) is 19.3 Å². The Hall–Kier alpha value is -1.76. The maximum Gasteiger partial charge on any atom is 0.169 e. The molecule has 0 aromatic heterocycles. The molecule has 5 nitrogen and oxygen atoms in total. The van der Waals surface area contributed by atoms with Crippen molar-refractivity contribution in [3.63, 3.8) is 0 Å². The first-order chi connectivity index (χ1) is 15.8. The van der Waals surface area contributed by atoms with Crippen molar-refractivity contribution < 1.29 is 23.7 Å². The van der Waals surface area contributed by atoms with Gasteiger partial charge in [0.25, 0.3) is 0 Å². The molecule has 4 atom stereocenters. The highest BCUT2D eigenvalue weighted by Crippen LogP contribution is 2.40. The fourth-order valence-electron chi connectivity index (χ4n) is 5.03. The lowest BCUT2D eigenvalue weighted by Crippen LogP contribution is -2.49. The van der Waals surface area contributed by atoms with Crippen LogP contribution in [-0.2, 0) is 36.9 Å². The lowest BCUT2D eigenvalue weighted by atomic mass is 9.94. The van der Waals surface area contributed by atoms with Gasteiger partial charge in [0.05, 0.1) is 38.6 Å². The number of hydrogen-bond acceptors (Lipinski definition) is 5. The van der Waals surface area contributed by atoms with Crippen molar-refractivity contribution in [1.29, 1.82) is 0 Å². The van der Waals surface area contributed by atoms with E-state index >= 15 is 0 Å². The van der Waals surface area contributed by atoms with Crippen LogP contribution in [-0.4, -0.2) is 43.4 Å². The highest BCUT2D eigenvalue weighted by molar-refractivity contribution is 5.14. The maximum atomic E-state index is 6.46. The van der Waals surface area contributed by atoms with Crippen molar-refractivity contribution in [3.05, 3.63) is 71.8 Å². The molecule has 0 N–H and O–H groups in total. The molecule has 32 heavy (non-hydrogen) atoms. The van der Waals surface area contributed by atoms with Crippen LogP contribution >= 0.6 is 0 Å². The summed E-state index contributed by atoms with van der Waals surface area (Å²) in [5.41, 5.74) is 2.32. The minimum Gasteiger partial charge on any atom is -0.373 e. The SMILES string of the molecule is c1ccc(CO[C@H]2C[C@@H]([C@H]3COC4(CCCCC4)O3)OC[C@H]2OCc2ccccc2)cc1. The van der Waals surface area contributed by atoms with Gasteiger partial charge in [-0.15, -0.1) is 0 Å². The maximum absolute atomic E-state index is 6.46. The molecule has 2 aromatic rings. The van der Waals surface area contributed by atoms with Crippen molar-refractivity contribution in [3.8, 4) is 0 Å². The Morgan fingerprint density at radius 2 is 1.34 bits per heavy atom. The fourth-order valence-corrected chi connectivity index (χ4v) is 5.03. The summed E-state index contributed by atoms with van der Waals surface area (Å²) in [6, 6.07) is 20.6. The van der Waals surface area contributed by atoms with Crippen molar-refractivity contribution in [1.82, 2.24) is 0 Å². The zero-order chi connectivity index (χ0) is 21.6. The van der Waals surface area contributed by atoms with Gasteiger partial charge < -0.3 is 23.7 Å². The quantitative estimate of drug-likeness (QED) is 0.607. The number of benzene rings is 2. The monoisotopic (exact) mass is 438 g/mol. The highest BCUT2D eigenvalue weighted by Gasteiger charge is 2.47. The molecule has 1 aliphatic carbocycles. The Morgan fingerprint density at radius 1 is 0.719 bits per heavy atom. The summed E-state index contributed by atoms with van der Waals surface area (Å²) >= 11 is 0. The molecule has 0 bridgehead atoms. The van der Waals surface area contributed by atoms with Crippen LogP contribution < -0.4 is 0 Å². The summed E-state index contributed by atoms with van der Waals surface area (Å²) in [7, 11) is 0. The third kappa shape index (κ3) is 5.41. The van der Waals surface area contributed by atoms with Gasteiger partial charge in [-0.25, -0.2) is 0 Å². The van der Waals surface area contributed by atoms with Gasteiger partial charge in [-0.05, 0) is 24.0 Å². The lowest BCUT2D eigenvalue weighted by molar-refractivity contribution is -0.220. The van der Waals surface area contributed by atoms with Crippen LogP contribution in [0.4, 0.5) is 0 Å². The second-order valence-electron chi connectivity index (χ2n) is 9.22. The average Bonchev–Trinajstić information content (AvgIpc) is 3.26. The molecule has 0 unspecified atom stereocenters. The summed E-state index contributed by atoms with van der Waals surface area (Å²) in [5, 5.41) is 0.